The van der Waals surface area contributed by atoms with Crippen LogP contribution >= 0.6 is 0 Å². The van der Waals surface area contributed by atoms with E-state index >= 15 is 0 Å². The number of rotatable bonds is 3. The minimum atomic E-state index is 0.289. The molecule has 3 rings (SSSR count). The van der Waals surface area contributed by atoms with E-state index in [9.17, 15) is 0 Å². The van der Waals surface area contributed by atoms with Crippen LogP contribution in [0.4, 0.5) is 0 Å². The maximum absolute atomic E-state index is 5.90. The van der Waals surface area contributed by atoms with Gasteiger partial charge in [-0.25, -0.2) is 0 Å². The van der Waals surface area contributed by atoms with Crippen molar-refractivity contribution in [2.45, 2.75) is 25.8 Å². The lowest BCUT2D eigenvalue weighted by atomic mass is 9.85. The minimum Gasteiger partial charge on any atom is -0.381 e. The second-order valence-corrected chi connectivity index (χ2v) is 5.06. The van der Waals surface area contributed by atoms with Gasteiger partial charge in [-0.05, 0) is 31.9 Å². The molecule has 2 atom stereocenters. The zero-order valence-electron chi connectivity index (χ0n) is 11.2. The third-order valence-electron chi connectivity index (χ3n) is 4.06. The van der Waals surface area contributed by atoms with Crippen LogP contribution in [-0.4, -0.2) is 34.5 Å². The summed E-state index contributed by atoms with van der Waals surface area (Å²) in [6.45, 7) is 5.18. The molecule has 0 aromatic carbocycles. The van der Waals surface area contributed by atoms with Gasteiger partial charge in [0.25, 0.3) is 0 Å². The first-order chi connectivity index (χ1) is 9.35. The summed E-state index contributed by atoms with van der Waals surface area (Å²) in [5, 5.41) is 5.56. The number of aryl methyl sites for hydroxylation is 1. The Labute approximate surface area is 112 Å². The topological polar surface area (TPSA) is 66.0 Å². The Morgan fingerprint density at radius 3 is 3.21 bits per heavy atom. The zero-order valence-corrected chi connectivity index (χ0v) is 11.2. The van der Waals surface area contributed by atoms with E-state index in [1.165, 1.54) is 0 Å². The Hall–Kier alpha value is -1.46. The van der Waals surface area contributed by atoms with E-state index in [1.54, 1.807) is 0 Å². The normalized spacial score (nSPS) is 23.9. The van der Waals surface area contributed by atoms with E-state index in [2.05, 4.69) is 17.0 Å². The molecule has 0 aliphatic carbocycles. The number of pyridine rings is 1. The van der Waals surface area contributed by atoms with Gasteiger partial charge in [-0.3, -0.25) is 9.67 Å². The van der Waals surface area contributed by atoms with Gasteiger partial charge in [-0.1, -0.05) is 0 Å². The molecule has 0 saturated carbocycles. The van der Waals surface area contributed by atoms with Gasteiger partial charge in [0.2, 0.25) is 0 Å². The first kappa shape index (κ1) is 12.6. The van der Waals surface area contributed by atoms with Crippen LogP contribution < -0.4 is 5.73 Å². The third-order valence-corrected chi connectivity index (χ3v) is 4.06. The number of hydrogen-bond acceptors (Lipinski definition) is 4. The van der Waals surface area contributed by atoms with Crippen LogP contribution in [0.1, 0.15) is 25.0 Å². The van der Waals surface area contributed by atoms with Gasteiger partial charge in [0, 0.05) is 30.7 Å². The zero-order chi connectivity index (χ0) is 13.2. The molecular formula is C14H20N4O. The molecular weight excluding hydrogens is 240 g/mol. The molecule has 19 heavy (non-hydrogen) atoms. The Morgan fingerprint density at radius 2 is 2.42 bits per heavy atom. The molecule has 0 spiro atoms. The maximum atomic E-state index is 5.90. The molecule has 1 aliphatic heterocycles. The highest BCUT2D eigenvalue weighted by Gasteiger charge is 2.29. The van der Waals surface area contributed by atoms with Crippen molar-refractivity contribution >= 4 is 10.9 Å². The highest BCUT2D eigenvalue weighted by atomic mass is 16.5. The summed E-state index contributed by atoms with van der Waals surface area (Å²) >= 11 is 0. The van der Waals surface area contributed by atoms with Crippen LogP contribution in [0.5, 0.6) is 0 Å². The molecule has 1 saturated heterocycles. The van der Waals surface area contributed by atoms with Gasteiger partial charge in [0.05, 0.1) is 24.0 Å². The van der Waals surface area contributed by atoms with Gasteiger partial charge in [0.15, 0.2) is 0 Å². The van der Waals surface area contributed by atoms with Gasteiger partial charge < -0.3 is 10.5 Å². The predicted octanol–water partition coefficient (Wildman–Crippen LogP) is 1.53. The molecule has 2 aromatic heterocycles. The lowest BCUT2D eigenvalue weighted by Crippen LogP contribution is -2.31. The summed E-state index contributed by atoms with van der Waals surface area (Å²) in [6.07, 6.45) is 4.80. The molecule has 2 unspecified atom stereocenters. The Morgan fingerprint density at radius 1 is 1.53 bits per heavy atom. The molecule has 3 heterocycles. The third kappa shape index (κ3) is 2.13. The smallest absolute Gasteiger partial charge is 0.0716 e. The average Bonchev–Trinajstić information content (AvgIpc) is 2.90. The molecule has 0 amide bonds. The fourth-order valence-electron chi connectivity index (χ4n) is 2.94. The van der Waals surface area contributed by atoms with Crippen LogP contribution in [0.25, 0.3) is 10.9 Å². The molecule has 2 aromatic rings. The molecule has 5 heteroatoms. The van der Waals surface area contributed by atoms with Crippen LogP contribution in [-0.2, 0) is 11.3 Å². The standard InChI is InChI=1S/C14H20N4O/c1-2-18-13-3-5-16-14(11(13)8-17-18)12-9-19-6-4-10(12)7-15/h3,5,8,10,12H,2,4,6-7,9,15H2,1H3. The van der Waals surface area contributed by atoms with Crippen molar-refractivity contribution in [2.75, 3.05) is 19.8 Å². The van der Waals surface area contributed by atoms with Crippen molar-refractivity contribution in [1.82, 2.24) is 14.8 Å². The van der Waals surface area contributed by atoms with Crippen molar-refractivity contribution in [1.29, 1.82) is 0 Å². The summed E-state index contributed by atoms with van der Waals surface area (Å²) in [4.78, 5) is 4.59. The van der Waals surface area contributed by atoms with E-state index in [1.807, 2.05) is 23.1 Å². The quantitative estimate of drug-likeness (QED) is 0.909. The van der Waals surface area contributed by atoms with Crippen molar-refractivity contribution in [3.63, 3.8) is 0 Å². The van der Waals surface area contributed by atoms with Gasteiger partial charge in [-0.15, -0.1) is 0 Å². The Kier molecular flexibility index (Phi) is 3.48. The van der Waals surface area contributed by atoms with Crippen molar-refractivity contribution < 1.29 is 4.74 Å². The summed E-state index contributed by atoms with van der Waals surface area (Å²) in [5.74, 6) is 0.744. The number of fused-ring (bicyclic) bond motifs is 1. The monoisotopic (exact) mass is 260 g/mol. The first-order valence-corrected chi connectivity index (χ1v) is 6.93. The fraction of sp³-hybridized carbons (Fsp3) is 0.571. The Balaban J connectivity index is 2.06. The van der Waals surface area contributed by atoms with Crippen molar-refractivity contribution in [3.8, 4) is 0 Å². The molecule has 102 valence electrons. The Bertz CT molecular complexity index is 566. The van der Waals surface area contributed by atoms with Gasteiger partial charge in [0.1, 0.15) is 0 Å². The number of nitrogens with two attached hydrogens (primary N) is 1. The highest BCUT2D eigenvalue weighted by molar-refractivity contribution is 5.81. The second kappa shape index (κ2) is 5.27. The van der Waals surface area contributed by atoms with E-state index in [-0.39, 0.29) is 5.92 Å². The summed E-state index contributed by atoms with van der Waals surface area (Å²) in [6, 6.07) is 2.02. The summed E-state index contributed by atoms with van der Waals surface area (Å²) in [7, 11) is 0. The summed E-state index contributed by atoms with van der Waals surface area (Å²) in [5.41, 5.74) is 8.14. The molecule has 1 aliphatic rings. The molecule has 0 bridgehead atoms. The fourth-order valence-corrected chi connectivity index (χ4v) is 2.94. The minimum absolute atomic E-state index is 0.289. The number of nitrogens with zero attached hydrogens (tertiary/aromatic N) is 3. The number of ether oxygens (including phenoxy) is 1. The van der Waals surface area contributed by atoms with E-state index in [0.717, 1.165) is 36.2 Å². The number of aromatic nitrogens is 3. The van der Waals surface area contributed by atoms with Crippen LogP contribution in [0.3, 0.4) is 0 Å². The van der Waals surface area contributed by atoms with E-state index in [4.69, 9.17) is 10.5 Å². The van der Waals surface area contributed by atoms with Crippen LogP contribution in [0.2, 0.25) is 0 Å². The number of hydrogen-bond donors (Lipinski definition) is 1. The SMILES string of the molecule is CCn1ncc2c(C3COCCC3CN)nccc21. The van der Waals surface area contributed by atoms with Crippen LogP contribution in [0, 0.1) is 5.92 Å². The second-order valence-electron chi connectivity index (χ2n) is 5.06. The molecule has 0 radical (unpaired) electrons. The molecule has 1 fully saturated rings. The van der Waals surface area contributed by atoms with E-state index in [0.29, 0.717) is 19.1 Å². The average molecular weight is 260 g/mol. The highest BCUT2D eigenvalue weighted by Crippen LogP contribution is 2.33. The largest absolute Gasteiger partial charge is 0.381 e. The molecule has 2 N–H and O–H groups in total. The van der Waals surface area contributed by atoms with Crippen LogP contribution in [0.15, 0.2) is 18.5 Å². The molecule has 5 nitrogen and oxygen atoms in total. The van der Waals surface area contributed by atoms with Gasteiger partial charge in [-0.2, -0.15) is 5.10 Å². The van der Waals surface area contributed by atoms with Crippen molar-refractivity contribution in [3.05, 3.63) is 24.2 Å². The lowest BCUT2D eigenvalue weighted by molar-refractivity contribution is 0.0486. The van der Waals surface area contributed by atoms with Gasteiger partial charge >= 0.3 is 0 Å². The lowest BCUT2D eigenvalue weighted by Gasteiger charge is -2.30. The predicted molar refractivity (Wildman–Crippen MR) is 73.9 cm³/mol. The van der Waals surface area contributed by atoms with Crippen molar-refractivity contribution in [2.24, 2.45) is 11.7 Å². The maximum Gasteiger partial charge on any atom is 0.0716 e. The summed E-state index contributed by atoms with van der Waals surface area (Å²) < 4.78 is 7.63. The van der Waals surface area contributed by atoms with E-state index < -0.39 is 0 Å². The first-order valence-electron chi connectivity index (χ1n) is 6.93.